The molecule has 1 N–H and O–H groups in total. The Labute approximate surface area is 111 Å². The van der Waals surface area contributed by atoms with Gasteiger partial charge in [0.05, 0.1) is 5.41 Å². The van der Waals surface area contributed by atoms with Crippen LogP contribution >= 0.6 is 0 Å². The lowest BCUT2D eigenvalue weighted by atomic mass is 9.93. The quantitative estimate of drug-likeness (QED) is 0.911. The number of carboxylic acids is 1. The number of rotatable bonds is 4. The SMILES string of the molecule is O=C(O)C1(c2cccc(Cc3cccnc3)c2)CC1. The van der Waals surface area contributed by atoms with Gasteiger partial charge in [0.15, 0.2) is 0 Å². The number of carbonyl (C=O) groups is 1. The van der Waals surface area contributed by atoms with Crippen LogP contribution in [0, 0.1) is 0 Å². The van der Waals surface area contributed by atoms with E-state index in [1.54, 1.807) is 6.20 Å². The molecule has 1 aromatic heterocycles. The third-order valence-corrected chi connectivity index (χ3v) is 3.77. The number of pyridine rings is 1. The predicted molar refractivity (Wildman–Crippen MR) is 72.0 cm³/mol. The van der Waals surface area contributed by atoms with Crippen LogP contribution in [-0.2, 0) is 16.6 Å². The van der Waals surface area contributed by atoms with E-state index >= 15 is 0 Å². The van der Waals surface area contributed by atoms with Gasteiger partial charge in [0.1, 0.15) is 0 Å². The molecule has 1 heterocycles. The Kier molecular flexibility index (Phi) is 2.82. The molecule has 19 heavy (non-hydrogen) atoms. The third-order valence-electron chi connectivity index (χ3n) is 3.77. The average molecular weight is 253 g/mol. The fraction of sp³-hybridized carbons (Fsp3) is 0.250. The fourth-order valence-corrected chi connectivity index (χ4v) is 2.47. The Morgan fingerprint density at radius 3 is 2.63 bits per heavy atom. The van der Waals surface area contributed by atoms with Crippen LogP contribution in [0.2, 0.25) is 0 Å². The van der Waals surface area contributed by atoms with Crippen molar-refractivity contribution in [3.05, 3.63) is 65.5 Å². The van der Waals surface area contributed by atoms with Crippen molar-refractivity contribution in [2.45, 2.75) is 24.7 Å². The van der Waals surface area contributed by atoms with Crippen molar-refractivity contribution in [1.29, 1.82) is 0 Å². The zero-order valence-electron chi connectivity index (χ0n) is 10.5. The Morgan fingerprint density at radius 2 is 2.00 bits per heavy atom. The van der Waals surface area contributed by atoms with Crippen molar-refractivity contribution in [3.63, 3.8) is 0 Å². The first-order chi connectivity index (χ1) is 9.21. The smallest absolute Gasteiger partial charge is 0.314 e. The zero-order chi connectivity index (χ0) is 13.3. The molecule has 0 saturated heterocycles. The minimum Gasteiger partial charge on any atom is -0.481 e. The van der Waals surface area contributed by atoms with Gasteiger partial charge in [0, 0.05) is 12.4 Å². The molecule has 2 aromatic rings. The topological polar surface area (TPSA) is 50.2 Å². The standard InChI is InChI=1S/C16H15NO2/c18-15(19)16(6-7-16)14-5-1-3-12(10-14)9-13-4-2-8-17-11-13/h1-5,8,10-11H,6-7,9H2,(H,18,19). The molecule has 96 valence electrons. The summed E-state index contributed by atoms with van der Waals surface area (Å²) in [5.74, 6) is -0.703. The van der Waals surface area contributed by atoms with Gasteiger partial charge in [0.2, 0.25) is 0 Å². The van der Waals surface area contributed by atoms with E-state index in [4.69, 9.17) is 0 Å². The van der Waals surface area contributed by atoms with Crippen LogP contribution in [0.25, 0.3) is 0 Å². The van der Waals surface area contributed by atoms with Gasteiger partial charge in [-0.05, 0) is 42.0 Å². The second kappa shape index (κ2) is 4.50. The van der Waals surface area contributed by atoms with Crippen LogP contribution in [-0.4, -0.2) is 16.1 Å². The molecule has 1 fully saturated rings. The van der Waals surface area contributed by atoms with Gasteiger partial charge in [-0.1, -0.05) is 30.3 Å². The Hall–Kier alpha value is -2.16. The van der Waals surface area contributed by atoms with Crippen LogP contribution in [0.3, 0.4) is 0 Å². The lowest BCUT2D eigenvalue weighted by molar-refractivity contribution is -0.140. The average Bonchev–Trinajstić information content (AvgIpc) is 3.22. The number of aliphatic carboxylic acids is 1. The van der Waals surface area contributed by atoms with Crippen LogP contribution in [0.5, 0.6) is 0 Å². The van der Waals surface area contributed by atoms with Gasteiger partial charge in [-0.25, -0.2) is 0 Å². The van der Waals surface area contributed by atoms with Crippen molar-refractivity contribution in [3.8, 4) is 0 Å². The first kappa shape index (κ1) is 11.9. The highest BCUT2D eigenvalue weighted by molar-refractivity contribution is 5.84. The number of hydrogen-bond acceptors (Lipinski definition) is 2. The summed E-state index contributed by atoms with van der Waals surface area (Å²) in [6.45, 7) is 0. The van der Waals surface area contributed by atoms with Crippen LogP contribution < -0.4 is 0 Å². The first-order valence-electron chi connectivity index (χ1n) is 6.42. The van der Waals surface area contributed by atoms with Crippen molar-refractivity contribution >= 4 is 5.97 Å². The maximum atomic E-state index is 11.3. The number of aromatic nitrogens is 1. The molecule has 3 nitrogen and oxygen atoms in total. The number of nitrogens with zero attached hydrogens (tertiary/aromatic N) is 1. The van der Waals surface area contributed by atoms with E-state index in [0.29, 0.717) is 0 Å². The lowest BCUT2D eigenvalue weighted by Crippen LogP contribution is -2.19. The highest BCUT2D eigenvalue weighted by Gasteiger charge is 2.51. The fourth-order valence-electron chi connectivity index (χ4n) is 2.47. The molecule has 3 heteroatoms. The molecule has 1 aliphatic carbocycles. The van der Waals surface area contributed by atoms with E-state index in [2.05, 4.69) is 4.98 Å². The normalized spacial score (nSPS) is 16.0. The molecule has 1 aromatic carbocycles. The Bertz CT molecular complexity index is 603. The van der Waals surface area contributed by atoms with Crippen LogP contribution in [0.1, 0.15) is 29.5 Å². The minimum atomic E-state index is -0.703. The summed E-state index contributed by atoms with van der Waals surface area (Å²) in [5, 5.41) is 9.33. The van der Waals surface area contributed by atoms with Crippen molar-refractivity contribution in [2.75, 3.05) is 0 Å². The number of hydrogen-bond donors (Lipinski definition) is 1. The summed E-state index contributed by atoms with van der Waals surface area (Å²) in [6, 6.07) is 11.9. The summed E-state index contributed by atoms with van der Waals surface area (Å²) in [7, 11) is 0. The Balaban J connectivity index is 1.87. The number of benzene rings is 1. The zero-order valence-corrected chi connectivity index (χ0v) is 10.5. The third kappa shape index (κ3) is 2.24. The first-order valence-corrected chi connectivity index (χ1v) is 6.42. The van der Waals surface area contributed by atoms with E-state index < -0.39 is 11.4 Å². The maximum Gasteiger partial charge on any atom is 0.314 e. The van der Waals surface area contributed by atoms with Gasteiger partial charge < -0.3 is 5.11 Å². The maximum absolute atomic E-state index is 11.3. The highest BCUT2D eigenvalue weighted by atomic mass is 16.4. The summed E-state index contributed by atoms with van der Waals surface area (Å²) >= 11 is 0. The van der Waals surface area contributed by atoms with E-state index in [1.807, 2.05) is 42.6 Å². The monoisotopic (exact) mass is 253 g/mol. The summed E-state index contributed by atoms with van der Waals surface area (Å²) < 4.78 is 0. The van der Waals surface area contributed by atoms with Gasteiger partial charge in [-0.15, -0.1) is 0 Å². The predicted octanol–water partition coefficient (Wildman–Crippen LogP) is 2.79. The van der Waals surface area contributed by atoms with E-state index in [-0.39, 0.29) is 0 Å². The van der Waals surface area contributed by atoms with Crippen LogP contribution in [0.4, 0.5) is 0 Å². The second-order valence-corrected chi connectivity index (χ2v) is 5.13. The molecular formula is C16H15NO2. The Morgan fingerprint density at radius 1 is 1.21 bits per heavy atom. The molecule has 0 bridgehead atoms. The number of carboxylic acid groups (broad SMARTS) is 1. The van der Waals surface area contributed by atoms with E-state index in [0.717, 1.165) is 36.0 Å². The van der Waals surface area contributed by atoms with E-state index in [9.17, 15) is 9.90 Å². The molecule has 0 amide bonds. The van der Waals surface area contributed by atoms with Crippen molar-refractivity contribution < 1.29 is 9.90 Å². The molecule has 0 radical (unpaired) electrons. The summed E-state index contributed by atoms with van der Waals surface area (Å²) in [4.78, 5) is 15.4. The van der Waals surface area contributed by atoms with Crippen molar-refractivity contribution in [1.82, 2.24) is 4.98 Å². The van der Waals surface area contributed by atoms with Crippen molar-refractivity contribution in [2.24, 2.45) is 0 Å². The molecule has 0 spiro atoms. The lowest BCUT2D eigenvalue weighted by Gasteiger charge is -2.11. The molecular weight excluding hydrogens is 238 g/mol. The molecule has 1 aliphatic rings. The van der Waals surface area contributed by atoms with Gasteiger partial charge >= 0.3 is 5.97 Å². The molecule has 0 aliphatic heterocycles. The molecule has 0 unspecified atom stereocenters. The van der Waals surface area contributed by atoms with Gasteiger partial charge in [-0.2, -0.15) is 0 Å². The van der Waals surface area contributed by atoms with Gasteiger partial charge in [0.25, 0.3) is 0 Å². The second-order valence-electron chi connectivity index (χ2n) is 5.13. The summed E-state index contributed by atoms with van der Waals surface area (Å²) in [5.41, 5.74) is 2.59. The van der Waals surface area contributed by atoms with Crippen LogP contribution in [0.15, 0.2) is 48.8 Å². The molecule has 0 atom stereocenters. The van der Waals surface area contributed by atoms with E-state index in [1.165, 1.54) is 0 Å². The minimum absolute atomic E-state index is 0.620. The van der Waals surface area contributed by atoms with Gasteiger partial charge in [-0.3, -0.25) is 9.78 Å². The molecule has 3 rings (SSSR count). The largest absolute Gasteiger partial charge is 0.481 e. The molecule has 1 saturated carbocycles. The highest BCUT2D eigenvalue weighted by Crippen LogP contribution is 2.48. The summed E-state index contributed by atoms with van der Waals surface area (Å²) in [6.07, 6.45) is 5.88.